The summed E-state index contributed by atoms with van der Waals surface area (Å²) < 4.78 is 5.96. The second kappa shape index (κ2) is 7.16. The molecule has 0 aliphatic heterocycles. The third-order valence-corrected chi connectivity index (χ3v) is 4.30. The summed E-state index contributed by atoms with van der Waals surface area (Å²) in [5.74, 6) is 2.17. The van der Waals surface area contributed by atoms with Gasteiger partial charge in [0.1, 0.15) is 16.5 Å². The van der Waals surface area contributed by atoms with Crippen molar-refractivity contribution in [3.8, 4) is 11.5 Å². The van der Waals surface area contributed by atoms with E-state index in [1.165, 1.54) is 0 Å². The standard InChI is InChI=1S/C16H16ClNOS2/c1-3-21-14-6-4-5-12(15(14)16(18)20)19-13-9-10(2)7-8-11(13)17/h4-9H,3H2,1-2H3,(H2,18,20). The second-order valence-electron chi connectivity index (χ2n) is 4.46. The monoisotopic (exact) mass is 337 g/mol. The van der Waals surface area contributed by atoms with Crippen molar-refractivity contribution in [3.63, 3.8) is 0 Å². The highest BCUT2D eigenvalue weighted by Gasteiger charge is 2.14. The second-order valence-corrected chi connectivity index (χ2v) is 6.62. The van der Waals surface area contributed by atoms with Crippen molar-refractivity contribution in [2.24, 2.45) is 5.73 Å². The Morgan fingerprint density at radius 2 is 2.05 bits per heavy atom. The van der Waals surface area contributed by atoms with Crippen LogP contribution in [0.2, 0.25) is 5.02 Å². The number of nitrogens with two attached hydrogens (primary N) is 1. The van der Waals surface area contributed by atoms with Crippen molar-refractivity contribution >= 4 is 40.6 Å². The summed E-state index contributed by atoms with van der Waals surface area (Å²) in [5, 5.41) is 0.558. The van der Waals surface area contributed by atoms with Crippen molar-refractivity contribution in [1.82, 2.24) is 0 Å². The van der Waals surface area contributed by atoms with E-state index in [1.54, 1.807) is 11.8 Å². The van der Waals surface area contributed by atoms with Gasteiger partial charge in [-0.15, -0.1) is 11.8 Å². The minimum atomic E-state index is 0.324. The van der Waals surface area contributed by atoms with E-state index in [0.29, 0.717) is 21.5 Å². The predicted molar refractivity (Wildman–Crippen MR) is 95.0 cm³/mol. The van der Waals surface area contributed by atoms with Gasteiger partial charge >= 0.3 is 0 Å². The zero-order valence-electron chi connectivity index (χ0n) is 11.9. The summed E-state index contributed by atoms with van der Waals surface area (Å²) in [5.41, 5.74) is 7.71. The summed E-state index contributed by atoms with van der Waals surface area (Å²) in [6, 6.07) is 11.4. The molecule has 0 fully saturated rings. The molecule has 0 saturated heterocycles. The van der Waals surface area contributed by atoms with Gasteiger partial charge < -0.3 is 10.5 Å². The van der Waals surface area contributed by atoms with E-state index in [-0.39, 0.29) is 0 Å². The molecule has 0 aliphatic carbocycles. The van der Waals surface area contributed by atoms with Crippen LogP contribution in [0.1, 0.15) is 18.1 Å². The van der Waals surface area contributed by atoms with Crippen LogP contribution in [0.15, 0.2) is 41.3 Å². The van der Waals surface area contributed by atoms with Gasteiger partial charge in [-0.2, -0.15) is 0 Å². The number of hydrogen-bond donors (Lipinski definition) is 1. The zero-order chi connectivity index (χ0) is 15.4. The Morgan fingerprint density at radius 1 is 1.29 bits per heavy atom. The fraction of sp³-hybridized carbons (Fsp3) is 0.188. The van der Waals surface area contributed by atoms with Crippen molar-refractivity contribution in [2.45, 2.75) is 18.7 Å². The topological polar surface area (TPSA) is 35.2 Å². The third kappa shape index (κ3) is 3.90. The van der Waals surface area contributed by atoms with E-state index in [2.05, 4.69) is 6.92 Å². The first kappa shape index (κ1) is 16.1. The number of thiocarbonyl (C=S) groups is 1. The molecule has 2 aromatic rings. The molecule has 0 spiro atoms. The van der Waals surface area contributed by atoms with Gasteiger partial charge in [-0.25, -0.2) is 0 Å². The number of aryl methyl sites for hydroxylation is 1. The van der Waals surface area contributed by atoms with Gasteiger partial charge in [0.15, 0.2) is 0 Å². The molecule has 0 unspecified atom stereocenters. The number of rotatable bonds is 5. The van der Waals surface area contributed by atoms with Gasteiger partial charge in [0.05, 0.1) is 10.6 Å². The lowest BCUT2D eigenvalue weighted by Gasteiger charge is -2.15. The van der Waals surface area contributed by atoms with Crippen molar-refractivity contribution in [3.05, 3.63) is 52.5 Å². The van der Waals surface area contributed by atoms with Crippen LogP contribution < -0.4 is 10.5 Å². The highest BCUT2D eigenvalue weighted by atomic mass is 35.5. The summed E-state index contributed by atoms with van der Waals surface area (Å²) >= 11 is 13.0. The minimum absolute atomic E-state index is 0.324. The van der Waals surface area contributed by atoms with Crippen LogP contribution in [-0.2, 0) is 0 Å². The van der Waals surface area contributed by atoms with Crippen molar-refractivity contribution in [2.75, 3.05) is 5.75 Å². The summed E-state index contributed by atoms with van der Waals surface area (Å²) in [4.78, 5) is 1.34. The molecule has 2 N–H and O–H groups in total. The molecule has 0 aromatic heterocycles. The molecule has 0 amide bonds. The third-order valence-electron chi connectivity index (χ3n) is 2.84. The summed E-state index contributed by atoms with van der Waals surface area (Å²) in [7, 11) is 0. The fourth-order valence-electron chi connectivity index (χ4n) is 1.92. The maximum absolute atomic E-state index is 6.18. The van der Waals surface area contributed by atoms with Crippen molar-refractivity contribution < 1.29 is 4.74 Å². The van der Waals surface area contributed by atoms with E-state index in [4.69, 9.17) is 34.3 Å². The Labute approximate surface area is 139 Å². The van der Waals surface area contributed by atoms with E-state index >= 15 is 0 Å². The Kier molecular flexibility index (Phi) is 5.51. The molecule has 0 aliphatic rings. The molecule has 2 nitrogen and oxygen atoms in total. The molecule has 21 heavy (non-hydrogen) atoms. The summed E-state index contributed by atoms with van der Waals surface area (Å²) in [6.07, 6.45) is 0. The molecule has 0 atom stereocenters. The van der Waals surface area contributed by atoms with E-state index < -0.39 is 0 Å². The first-order valence-corrected chi connectivity index (χ1v) is 8.29. The molecule has 2 rings (SSSR count). The van der Waals surface area contributed by atoms with E-state index in [0.717, 1.165) is 21.8 Å². The molecule has 0 radical (unpaired) electrons. The first-order valence-electron chi connectivity index (χ1n) is 6.52. The van der Waals surface area contributed by atoms with Gasteiger partial charge in [0, 0.05) is 4.90 Å². The van der Waals surface area contributed by atoms with Crippen LogP contribution in [0.4, 0.5) is 0 Å². The minimum Gasteiger partial charge on any atom is -0.455 e. The highest BCUT2D eigenvalue weighted by molar-refractivity contribution is 7.99. The fourth-order valence-corrected chi connectivity index (χ4v) is 3.19. The molecule has 5 heteroatoms. The molecule has 0 heterocycles. The molecule has 2 aromatic carbocycles. The molecule has 110 valence electrons. The quantitative estimate of drug-likeness (QED) is 0.601. The maximum Gasteiger partial charge on any atom is 0.146 e. The largest absolute Gasteiger partial charge is 0.455 e. The molecular weight excluding hydrogens is 322 g/mol. The van der Waals surface area contributed by atoms with Crippen LogP contribution in [0, 0.1) is 6.92 Å². The van der Waals surface area contributed by atoms with Gasteiger partial charge in [0.25, 0.3) is 0 Å². The number of ether oxygens (including phenoxy) is 1. The average Bonchev–Trinajstić information content (AvgIpc) is 2.43. The van der Waals surface area contributed by atoms with Gasteiger partial charge in [-0.1, -0.05) is 42.9 Å². The van der Waals surface area contributed by atoms with Crippen LogP contribution in [-0.4, -0.2) is 10.7 Å². The lowest BCUT2D eigenvalue weighted by molar-refractivity contribution is 0.480. The van der Waals surface area contributed by atoms with Crippen LogP contribution in [0.5, 0.6) is 11.5 Å². The zero-order valence-corrected chi connectivity index (χ0v) is 14.2. The maximum atomic E-state index is 6.18. The molecular formula is C16H16ClNOS2. The lowest BCUT2D eigenvalue weighted by atomic mass is 10.2. The van der Waals surface area contributed by atoms with Crippen LogP contribution in [0.3, 0.4) is 0 Å². The Hall–Kier alpha value is -1.23. The molecule has 0 saturated carbocycles. The number of thioether (sulfide) groups is 1. The van der Waals surface area contributed by atoms with E-state index in [9.17, 15) is 0 Å². The van der Waals surface area contributed by atoms with Gasteiger partial charge in [0.2, 0.25) is 0 Å². The lowest BCUT2D eigenvalue weighted by Crippen LogP contribution is -2.12. The van der Waals surface area contributed by atoms with Gasteiger partial charge in [-0.05, 0) is 42.5 Å². The van der Waals surface area contributed by atoms with Crippen molar-refractivity contribution in [1.29, 1.82) is 0 Å². The Balaban J connectivity index is 2.46. The van der Waals surface area contributed by atoms with E-state index in [1.807, 2.05) is 43.3 Å². The Bertz CT molecular complexity index is 673. The SMILES string of the molecule is CCSc1cccc(Oc2cc(C)ccc2Cl)c1C(N)=S. The highest BCUT2D eigenvalue weighted by Crippen LogP contribution is 2.35. The Morgan fingerprint density at radius 3 is 2.71 bits per heavy atom. The predicted octanol–water partition coefficient (Wildman–Crippen LogP) is 5.19. The first-order chi connectivity index (χ1) is 10.0. The number of halogens is 1. The average molecular weight is 338 g/mol. The van der Waals surface area contributed by atoms with Crippen LogP contribution in [0.25, 0.3) is 0 Å². The number of benzene rings is 2. The summed E-state index contributed by atoms with van der Waals surface area (Å²) in [6.45, 7) is 4.07. The molecule has 0 bridgehead atoms. The van der Waals surface area contributed by atoms with Crippen LogP contribution >= 0.6 is 35.6 Å². The smallest absolute Gasteiger partial charge is 0.146 e. The van der Waals surface area contributed by atoms with Gasteiger partial charge in [-0.3, -0.25) is 0 Å². The normalized spacial score (nSPS) is 10.4. The number of hydrogen-bond acceptors (Lipinski definition) is 3.